The van der Waals surface area contributed by atoms with Crippen molar-refractivity contribution in [2.24, 2.45) is 0 Å². The Morgan fingerprint density at radius 1 is 1.06 bits per heavy atom. The van der Waals surface area contributed by atoms with Gasteiger partial charge >= 0.3 is 5.97 Å². The summed E-state index contributed by atoms with van der Waals surface area (Å²) in [6.45, 7) is 9.86. The predicted molar refractivity (Wildman–Crippen MR) is 137 cm³/mol. The molecule has 0 amide bonds. The Labute approximate surface area is 206 Å². The number of carboxylic acid groups (broad SMARTS) is 1. The molecule has 0 aliphatic rings. The van der Waals surface area contributed by atoms with E-state index in [2.05, 4.69) is 23.7 Å². The normalized spacial score (nSPS) is 10.7. The Morgan fingerprint density at radius 2 is 1.79 bits per heavy atom. The van der Waals surface area contributed by atoms with Crippen LogP contribution in [0.15, 0.2) is 54.6 Å². The van der Waals surface area contributed by atoms with Gasteiger partial charge in [-0.15, -0.1) is 12.4 Å². The number of hydrogen-bond acceptors (Lipinski definition) is 4. The first-order valence-electron chi connectivity index (χ1n) is 10.9. The molecule has 0 unspecified atom stereocenters. The van der Waals surface area contributed by atoms with E-state index in [1.165, 1.54) is 6.07 Å². The first-order chi connectivity index (χ1) is 15.4. The predicted octanol–water partition coefficient (Wildman–Crippen LogP) is 6.61. The Bertz CT molecular complexity index is 1080. The van der Waals surface area contributed by atoms with E-state index in [9.17, 15) is 9.90 Å². The SMILES string of the molecule is CCN(CC)CCCOc1cc(-c2nc(C(=O)O)ccc2-c2ccccc2C)ccc1Cl.Cl. The Kier molecular flexibility index (Phi) is 10.2. The van der Waals surface area contributed by atoms with E-state index >= 15 is 0 Å². The number of aromatic nitrogens is 1. The maximum atomic E-state index is 11.6. The molecular formula is C26H30Cl2N2O3. The molecule has 33 heavy (non-hydrogen) atoms. The first-order valence-corrected chi connectivity index (χ1v) is 11.3. The standard InChI is InChI=1S/C26H29ClN2O3.ClH/c1-4-29(5-2)15-8-16-32-24-17-19(11-13-22(24)27)25-21(12-14-23(28-25)26(30)31)20-10-7-6-9-18(20)3;/h6-7,9-14,17H,4-5,8,15-16H2,1-3H3,(H,30,31);1H. The molecule has 3 rings (SSSR count). The van der Waals surface area contributed by atoms with Crippen molar-refractivity contribution in [3.8, 4) is 28.1 Å². The molecule has 0 aliphatic heterocycles. The smallest absolute Gasteiger partial charge is 0.354 e. The summed E-state index contributed by atoms with van der Waals surface area (Å²) in [4.78, 5) is 18.4. The summed E-state index contributed by atoms with van der Waals surface area (Å²) in [7, 11) is 0. The van der Waals surface area contributed by atoms with Gasteiger partial charge in [0.05, 0.1) is 17.3 Å². The van der Waals surface area contributed by atoms with Crippen molar-refractivity contribution >= 4 is 30.0 Å². The van der Waals surface area contributed by atoms with E-state index in [-0.39, 0.29) is 18.1 Å². The largest absolute Gasteiger partial charge is 0.492 e. The topological polar surface area (TPSA) is 62.7 Å². The zero-order chi connectivity index (χ0) is 23.1. The van der Waals surface area contributed by atoms with Crippen LogP contribution in [0.4, 0.5) is 0 Å². The van der Waals surface area contributed by atoms with Crippen molar-refractivity contribution in [1.29, 1.82) is 0 Å². The first kappa shape index (κ1) is 26.7. The third kappa shape index (κ3) is 6.70. The van der Waals surface area contributed by atoms with Crippen LogP contribution in [0.5, 0.6) is 5.75 Å². The highest BCUT2D eigenvalue weighted by Crippen LogP contribution is 2.36. The zero-order valence-corrected chi connectivity index (χ0v) is 20.7. The van der Waals surface area contributed by atoms with Gasteiger partial charge < -0.3 is 14.7 Å². The molecule has 5 nitrogen and oxygen atoms in total. The minimum Gasteiger partial charge on any atom is -0.492 e. The summed E-state index contributed by atoms with van der Waals surface area (Å²) in [6, 6.07) is 16.8. The van der Waals surface area contributed by atoms with Crippen LogP contribution < -0.4 is 4.74 Å². The van der Waals surface area contributed by atoms with Crippen molar-refractivity contribution in [2.45, 2.75) is 27.2 Å². The van der Waals surface area contributed by atoms with Crippen LogP contribution in [0.1, 0.15) is 36.3 Å². The van der Waals surface area contributed by atoms with Crippen LogP contribution in [-0.4, -0.2) is 47.2 Å². The number of benzene rings is 2. The summed E-state index contributed by atoms with van der Waals surface area (Å²) >= 11 is 6.39. The second-order valence-corrected chi connectivity index (χ2v) is 7.99. The molecule has 0 aliphatic carbocycles. The number of nitrogens with zero attached hydrogens (tertiary/aromatic N) is 2. The number of aryl methyl sites for hydroxylation is 1. The fourth-order valence-electron chi connectivity index (χ4n) is 3.66. The van der Waals surface area contributed by atoms with Gasteiger partial charge in [-0.1, -0.05) is 55.8 Å². The maximum absolute atomic E-state index is 11.6. The Balaban J connectivity index is 0.00000385. The van der Waals surface area contributed by atoms with Crippen LogP contribution in [0.3, 0.4) is 0 Å². The molecule has 176 valence electrons. The van der Waals surface area contributed by atoms with Crippen molar-refractivity contribution in [2.75, 3.05) is 26.2 Å². The zero-order valence-electron chi connectivity index (χ0n) is 19.2. The molecule has 1 heterocycles. The van der Waals surface area contributed by atoms with Crippen LogP contribution >= 0.6 is 24.0 Å². The summed E-state index contributed by atoms with van der Waals surface area (Å²) in [5.41, 5.74) is 4.29. The lowest BCUT2D eigenvalue weighted by Crippen LogP contribution is -2.25. The number of pyridine rings is 1. The molecular weight excluding hydrogens is 459 g/mol. The second kappa shape index (κ2) is 12.6. The van der Waals surface area contributed by atoms with Crippen LogP contribution in [-0.2, 0) is 0 Å². The monoisotopic (exact) mass is 488 g/mol. The molecule has 7 heteroatoms. The molecule has 3 aromatic rings. The van der Waals surface area contributed by atoms with Gasteiger partial charge in [-0.05, 0) is 61.8 Å². The fourth-order valence-corrected chi connectivity index (χ4v) is 3.83. The Hall–Kier alpha value is -2.60. The van der Waals surface area contributed by atoms with Crippen LogP contribution in [0.25, 0.3) is 22.4 Å². The van der Waals surface area contributed by atoms with Gasteiger partial charge in [-0.3, -0.25) is 0 Å². The lowest BCUT2D eigenvalue weighted by Gasteiger charge is -2.18. The van der Waals surface area contributed by atoms with Gasteiger partial charge in [-0.2, -0.15) is 0 Å². The van der Waals surface area contributed by atoms with E-state index in [4.69, 9.17) is 16.3 Å². The number of aromatic carboxylic acids is 1. The van der Waals surface area contributed by atoms with Crippen LogP contribution in [0.2, 0.25) is 5.02 Å². The third-order valence-electron chi connectivity index (χ3n) is 5.52. The Morgan fingerprint density at radius 3 is 2.45 bits per heavy atom. The van der Waals surface area contributed by atoms with E-state index < -0.39 is 5.97 Å². The third-order valence-corrected chi connectivity index (χ3v) is 5.84. The van der Waals surface area contributed by atoms with Gasteiger partial charge in [0.15, 0.2) is 0 Å². The molecule has 0 saturated heterocycles. The van der Waals surface area contributed by atoms with E-state index in [0.717, 1.165) is 48.3 Å². The minimum absolute atomic E-state index is 0. The maximum Gasteiger partial charge on any atom is 0.354 e. The highest BCUT2D eigenvalue weighted by atomic mass is 35.5. The molecule has 0 fully saturated rings. The summed E-state index contributed by atoms with van der Waals surface area (Å²) < 4.78 is 5.98. The molecule has 1 aromatic heterocycles. The van der Waals surface area contributed by atoms with Gasteiger partial charge in [0.1, 0.15) is 11.4 Å². The van der Waals surface area contributed by atoms with Crippen molar-refractivity contribution in [1.82, 2.24) is 9.88 Å². The average molecular weight is 489 g/mol. The van der Waals surface area contributed by atoms with E-state index in [1.807, 2.05) is 49.4 Å². The van der Waals surface area contributed by atoms with Crippen molar-refractivity contribution in [3.63, 3.8) is 0 Å². The highest BCUT2D eigenvalue weighted by Gasteiger charge is 2.16. The summed E-state index contributed by atoms with van der Waals surface area (Å²) in [5.74, 6) is -0.494. The second-order valence-electron chi connectivity index (χ2n) is 7.59. The molecule has 2 aromatic carbocycles. The lowest BCUT2D eigenvalue weighted by molar-refractivity contribution is 0.0690. The number of carbonyl (C=O) groups is 1. The summed E-state index contributed by atoms with van der Waals surface area (Å²) in [5, 5.41) is 10.0. The van der Waals surface area contributed by atoms with Gasteiger partial charge in [0.2, 0.25) is 0 Å². The number of ether oxygens (including phenoxy) is 1. The molecule has 0 atom stereocenters. The van der Waals surface area contributed by atoms with Crippen LogP contribution in [0, 0.1) is 6.92 Å². The van der Waals surface area contributed by atoms with Crippen molar-refractivity contribution < 1.29 is 14.6 Å². The fraction of sp³-hybridized carbons (Fsp3) is 0.308. The van der Waals surface area contributed by atoms with Crippen molar-refractivity contribution in [3.05, 3.63) is 70.9 Å². The quantitative estimate of drug-likeness (QED) is 0.325. The number of rotatable bonds is 10. The highest BCUT2D eigenvalue weighted by molar-refractivity contribution is 6.32. The van der Waals surface area contributed by atoms with E-state index in [1.54, 1.807) is 6.07 Å². The molecule has 0 saturated carbocycles. The number of carboxylic acids is 1. The molecule has 0 radical (unpaired) electrons. The van der Waals surface area contributed by atoms with Gasteiger partial charge in [0.25, 0.3) is 0 Å². The summed E-state index contributed by atoms with van der Waals surface area (Å²) in [6.07, 6.45) is 0.892. The minimum atomic E-state index is -1.07. The van der Waals surface area contributed by atoms with Gasteiger partial charge in [-0.25, -0.2) is 9.78 Å². The molecule has 0 spiro atoms. The molecule has 1 N–H and O–H groups in total. The van der Waals surface area contributed by atoms with E-state index in [0.29, 0.717) is 23.1 Å². The number of halogens is 2. The molecule has 0 bridgehead atoms. The average Bonchev–Trinajstić information content (AvgIpc) is 2.80. The van der Waals surface area contributed by atoms with Gasteiger partial charge in [0, 0.05) is 17.7 Å². The lowest BCUT2D eigenvalue weighted by atomic mass is 9.95. The number of hydrogen-bond donors (Lipinski definition) is 1.